The quantitative estimate of drug-likeness (QED) is 0.296. The molecule has 0 amide bonds. The van der Waals surface area contributed by atoms with Crippen molar-refractivity contribution in [2.75, 3.05) is 26.8 Å². The van der Waals surface area contributed by atoms with E-state index < -0.39 is 18.2 Å². The SMILES string of the molecule is COc1cccc(OCOCC[Si](C)(C)C)c1OS(C)(=O)=O. The topological polar surface area (TPSA) is 71.1 Å². The van der Waals surface area contributed by atoms with Crippen LogP contribution in [0.5, 0.6) is 17.2 Å². The van der Waals surface area contributed by atoms with Crippen LogP contribution in [0.4, 0.5) is 0 Å². The number of ether oxygens (including phenoxy) is 3. The standard InChI is InChI=1S/C14H24O6SSi/c1-17-12-7-6-8-13(14(12)20-21(2,15)16)19-11-18-9-10-22(3,4)5/h6-8H,9-11H2,1-5H3. The molecule has 22 heavy (non-hydrogen) atoms. The van der Waals surface area contributed by atoms with Crippen LogP contribution in [0.15, 0.2) is 18.2 Å². The number of benzene rings is 1. The Bertz CT molecular complexity index is 579. The van der Waals surface area contributed by atoms with E-state index in [2.05, 4.69) is 19.6 Å². The Kier molecular flexibility index (Phi) is 6.70. The first-order valence-corrected chi connectivity index (χ1v) is 12.4. The summed E-state index contributed by atoms with van der Waals surface area (Å²) in [6, 6.07) is 5.91. The zero-order valence-corrected chi connectivity index (χ0v) is 15.5. The molecule has 0 aliphatic carbocycles. The first kappa shape index (κ1) is 18.8. The minimum absolute atomic E-state index is 0.0256. The van der Waals surface area contributed by atoms with Gasteiger partial charge in [0.25, 0.3) is 0 Å². The van der Waals surface area contributed by atoms with E-state index in [9.17, 15) is 8.42 Å². The van der Waals surface area contributed by atoms with Crippen LogP contribution >= 0.6 is 0 Å². The zero-order chi connectivity index (χ0) is 16.8. The van der Waals surface area contributed by atoms with Crippen molar-refractivity contribution in [3.05, 3.63) is 18.2 Å². The van der Waals surface area contributed by atoms with Crippen molar-refractivity contribution in [3.8, 4) is 17.2 Å². The number of methoxy groups -OCH3 is 1. The number of hydrogen-bond donors (Lipinski definition) is 0. The van der Waals surface area contributed by atoms with E-state index in [0.29, 0.717) is 6.61 Å². The third-order valence-corrected chi connectivity index (χ3v) is 4.87. The molecule has 1 rings (SSSR count). The molecule has 1 aromatic carbocycles. The Morgan fingerprint density at radius 2 is 1.77 bits per heavy atom. The zero-order valence-electron chi connectivity index (χ0n) is 13.7. The minimum Gasteiger partial charge on any atom is -0.493 e. The van der Waals surface area contributed by atoms with Crippen LogP contribution in [-0.2, 0) is 14.9 Å². The molecule has 0 unspecified atom stereocenters. The Labute approximate surface area is 133 Å². The Balaban J connectivity index is 2.70. The van der Waals surface area contributed by atoms with Crippen LogP contribution in [0.25, 0.3) is 0 Å². The van der Waals surface area contributed by atoms with Gasteiger partial charge in [-0.25, -0.2) is 0 Å². The van der Waals surface area contributed by atoms with Crippen molar-refractivity contribution in [1.29, 1.82) is 0 Å². The highest BCUT2D eigenvalue weighted by atomic mass is 32.2. The summed E-state index contributed by atoms with van der Waals surface area (Å²) in [5, 5.41) is 0. The Hall–Kier alpha value is -1.25. The van der Waals surface area contributed by atoms with Crippen molar-refractivity contribution < 1.29 is 26.8 Å². The summed E-state index contributed by atoms with van der Waals surface area (Å²) in [5.74, 6) is 0.573. The second-order valence-corrected chi connectivity index (χ2v) is 13.3. The van der Waals surface area contributed by atoms with Gasteiger partial charge in [-0.1, -0.05) is 25.7 Å². The molecule has 0 N–H and O–H groups in total. The lowest BCUT2D eigenvalue weighted by molar-refractivity contribution is 0.0209. The molecule has 0 aromatic heterocycles. The summed E-state index contributed by atoms with van der Waals surface area (Å²) in [4.78, 5) is 0. The van der Waals surface area contributed by atoms with Gasteiger partial charge in [0, 0.05) is 14.7 Å². The van der Waals surface area contributed by atoms with Gasteiger partial charge in [0.05, 0.1) is 13.4 Å². The largest absolute Gasteiger partial charge is 0.493 e. The van der Waals surface area contributed by atoms with E-state index >= 15 is 0 Å². The molecule has 126 valence electrons. The molecular formula is C14H24O6SSi. The van der Waals surface area contributed by atoms with Gasteiger partial charge in [0.15, 0.2) is 18.3 Å². The molecule has 0 saturated heterocycles. The summed E-state index contributed by atoms with van der Waals surface area (Å²) < 4.78 is 43.6. The summed E-state index contributed by atoms with van der Waals surface area (Å²) in [7, 11) is -3.40. The lowest BCUT2D eigenvalue weighted by atomic mass is 10.3. The van der Waals surface area contributed by atoms with Crippen molar-refractivity contribution in [2.24, 2.45) is 0 Å². The normalized spacial score (nSPS) is 12.0. The minimum atomic E-state index is -3.68. The van der Waals surface area contributed by atoms with Crippen LogP contribution in [0, 0.1) is 0 Å². The predicted molar refractivity (Wildman–Crippen MR) is 88.1 cm³/mol. The van der Waals surface area contributed by atoms with Crippen LogP contribution in [-0.4, -0.2) is 43.3 Å². The lowest BCUT2D eigenvalue weighted by Crippen LogP contribution is -2.22. The number of rotatable bonds is 9. The second-order valence-electron chi connectivity index (χ2n) is 6.06. The third kappa shape index (κ3) is 7.14. The lowest BCUT2D eigenvalue weighted by Gasteiger charge is -2.16. The molecular weight excluding hydrogens is 324 g/mol. The molecule has 0 heterocycles. The number of para-hydroxylation sites is 1. The maximum absolute atomic E-state index is 11.3. The molecule has 0 fully saturated rings. The molecule has 0 spiro atoms. The summed E-state index contributed by atoms with van der Waals surface area (Å²) in [5.41, 5.74) is 0. The van der Waals surface area contributed by atoms with Gasteiger partial charge in [-0.15, -0.1) is 0 Å². The van der Waals surface area contributed by atoms with E-state index in [0.717, 1.165) is 12.3 Å². The molecule has 0 aliphatic rings. The van der Waals surface area contributed by atoms with E-state index in [1.165, 1.54) is 7.11 Å². The predicted octanol–water partition coefficient (Wildman–Crippen LogP) is 2.72. The van der Waals surface area contributed by atoms with Gasteiger partial charge >= 0.3 is 10.1 Å². The fraction of sp³-hybridized carbons (Fsp3) is 0.571. The van der Waals surface area contributed by atoms with Crippen molar-refractivity contribution in [3.63, 3.8) is 0 Å². The molecule has 0 bridgehead atoms. The molecule has 0 atom stereocenters. The maximum atomic E-state index is 11.3. The first-order valence-electron chi connectivity index (χ1n) is 6.89. The van der Waals surface area contributed by atoms with Crippen molar-refractivity contribution in [2.45, 2.75) is 25.7 Å². The molecule has 6 nitrogen and oxygen atoms in total. The highest BCUT2D eigenvalue weighted by Gasteiger charge is 2.17. The van der Waals surface area contributed by atoms with Gasteiger partial charge in [-0.3, -0.25) is 0 Å². The van der Waals surface area contributed by atoms with Crippen molar-refractivity contribution >= 4 is 18.2 Å². The average Bonchev–Trinajstić information content (AvgIpc) is 2.37. The van der Waals surface area contributed by atoms with E-state index in [4.69, 9.17) is 18.4 Å². The first-order chi connectivity index (χ1) is 10.1. The Morgan fingerprint density at radius 3 is 2.32 bits per heavy atom. The monoisotopic (exact) mass is 348 g/mol. The van der Waals surface area contributed by atoms with E-state index in [1.54, 1.807) is 18.2 Å². The average molecular weight is 348 g/mol. The van der Waals surface area contributed by atoms with Crippen LogP contribution in [0.1, 0.15) is 0 Å². The summed E-state index contributed by atoms with van der Waals surface area (Å²) in [6.45, 7) is 7.42. The van der Waals surface area contributed by atoms with Gasteiger partial charge < -0.3 is 18.4 Å². The molecule has 0 saturated carbocycles. The second kappa shape index (κ2) is 7.84. The van der Waals surface area contributed by atoms with Gasteiger partial charge in [0.1, 0.15) is 0 Å². The summed E-state index contributed by atoms with van der Waals surface area (Å²) in [6.07, 6.45) is 0.966. The number of hydrogen-bond acceptors (Lipinski definition) is 6. The van der Waals surface area contributed by atoms with Crippen molar-refractivity contribution in [1.82, 2.24) is 0 Å². The smallest absolute Gasteiger partial charge is 0.306 e. The molecule has 8 heteroatoms. The summed E-state index contributed by atoms with van der Waals surface area (Å²) >= 11 is 0. The van der Waals surface area contributed by atoms with E-state index in [-0.39, 0.29) is 24.0 Å². The van der Waals surface area contributed by atoms with Crippen LogP contribution < -0.4 is 13.7 Å². The highest BCUT2D eigenvalue weighted by molar-refractivity contribution is 7.86. The highest BCUT2D eigenvalue weighted by Crippen LogP contribution is 2.37. The third-order valence-electron chi connectivity index (χ3n) is 2.69. The maximum Gasteiger partial charge on any atom is 0.306 e. The molecule has 1 aromatic rings. The Morgan fingerprint density at radius 1 is 1.14 bits per heavy atom. The van der Waals surface area contributed by atoms with Crippen LogP contribution in [0.2, 0.25) is 25.7 Å². The fourth-order valence-electron chi connectivity index (χ4n) is 1.55. The van der Waals surface area contributed by atoms with Gasteiger partial charge in [-0.05, 0) is 18.2 Å². The molecule has 0 aliphatic heterocycles. The van der Waals surface area contributed by atoms with Gasteiger partial charge in [-0.2, -0.15) is 8.42 Å². The molecule has 0 radical (unpaired) electrons. The fourth-order valence-corrected chi connectivity index (χ4v) is 2.77. The van der Waals surface area contributed by atoms with Crippen LogP contribution in [0.3, 0.4) is 0 Å². The van der Waals surface area contributed by atoms with E-state index in [1.807, 2.05) is 0 Å². The van der Waals surface area contributed by atoms with Gasteiger partial charge in [0.2, 0.25) is 5.75 Å².